The Morgan fingerprint density at radius 1 is 1.00 bits per heavy atom. The number of benzene rings is 2. The average molecular weight is 305 g/mol. The van der Waals surface area contributed by atoms with Crippen molar-refractivity contribution < 1.29 is 9.85 Å². The lowest BCUT2D eigenvalue weighted by Gasteiger charge is -2.10. The quantitative estimate of drug-likeness (QED) is 0.510. The van der Waals surface area contributed by atoms with E-state index in [4.69, 9.17) is 0 Å². The minimum Gasteiger partial charge on any atom is -0.349 e. The summed E-state index contributed by atoms with van der Waals surface area (Å²) in [4.78, 5) is 21.4. The fourth-order valence-corrected chi connectivity index (χ4v) is 2.34. The highest BCUT2D eigenvalue weighted by Crippen LogP contribution is 2.34. The summed E-state index contributed by atoms with van der Waals surface area (Å²) in [5.41, 5.74) is 0.277. The van der Waals surface area contributed by atoms with E-state index in [2.05, 4.69) is 5.32 Å². The van der Waals surface area contributed by atoms with Crippen LogP contribution in [0.4, 0.5) is 22.7 Å². The average Bonchev–Trinajstić information content (AvgIpc) is 2.47. The van der Waals surface area contributed by atoms with Crippen LogP contribution in [0.1, 0.15) is 0 Å². The predicted octanol–water partition coefficient (Wildman–Crippen LogP) is 3.97. The minimum absolute atomic E-state index is 0.215. The van der Waals surface area contributed by atoms with Gasteiger partial charge in [0.15, 0.2) is 0 Å². The van der Waals surface area contributed by atoms with Gasteiger partial charge in [-0.15, -0.1) is 11.8 Å². The number of hydrogen-bond donors (Lipinski definition) is 1. The summed E-state index contributed by atoms with van der Waals surface area (Å²) in [5.74, 6) is 0. The summed E-state index contributed by atoms with van der Waals surface area (Å²) in [7, 11) is 0. The Kier molecular flexibility index (Phi) is 4.39. The van der Waals surface area contributed by atoms with Crippen LogP contribution in [0.2, 0.25) is 0 Å². The Balaban J connectivity index is 2.44. The molecule has 0 fully saturated rings. The van der Waals surface area contributed by atoms with Crippen LogP contribution in [0.5, 0.6) is 0 Å². The maximum atomic E-state index is 11.1. The Bertz CT molecular complexity index is 706. The zero-order valence-electron chi connectivity index (χ0n) is 11.0. The highest BCUT2D eigenvalue weighted by Gasteiger charge is 2.19. The van der Waals surface area contributed by atoms with Crippen LogP contribution >= 0.6 is 11.8 Å². The molecule has 0 spiro atoms. The van der Waals surface area contributed by atoms with Gasteiger partial charge in [0.05, 0.1) is 21.6 Å². The maximum absolute atomic E-state index is 11.1. The predicted molar refractivity (Wildman–Crippen MR) is 81.3 cm³/mol. The van der Waals surface area contributed by atoms with E-state index in [9.17, 15) is 20.2 Å². The van der Waals surface area contributed by atoms with Gasteiger partial charge in [-0.1, -0.05) is 12.1 Å². The lowest BCUT2D eigenvalue weighted by Crippen LogP contribution is -1.99. The lowest BCUT2D eigenvalue weighted by molar-refractivity contribution is -0.393. The molecule has 8 heteroatoms. The third-order valence-corrected chi connectivity index (χ3v) is 3.56. The van der Waals surface area contributed by atoms with Gasteiger partial charge in [-0.05, 0) is 24.5 Å². The van der Waals surface area contributed by atoms with Crippen molar-refractivity contribution in [3.05, 3.63) is 62.7 Å². The smallest absolute Gasteiger partial charge is 0.299 e. The van der Waals surface area contributed by atoms with Crippen LogP contribution in [0.3, 0.4) is 0 Å². The SMILES string of the molecule is CSc1ccccc1Nc1ccc([N+](=O)[O-])cc1[N+](=O)[O-]. The van der Waals surface area contributed by atoms with Crippen molar-refractivity contribution in [2.75, 3.05) is 11.6 Å². The first-order valence-corrected chi connectivity index (χ1v) is 7.08. The lowest BCUT2D eigenvalue weighted by atomic mass is 10.2. The molecule has 1 N–H and O–H groups in total. The van der Waals surface area contributed by atoms with E-state index in [0.717, 1.165) is 11.0 Å². The van der Waals surface area contributed by atoms with E-state index in [0.29, 0.717) is 5.69 Å². The van der Waals surface area contributed by atoms with Crippen molar-refractivity contribution in [2.45, 2.75) is 4.90 Å². The normalized spacial score (nSPS) is 10.1. The van der Waals surface area contributed by atoms with Gasteiger partial charge < -0.3 is 5.32 Å². The Morgan fingerprint density at radius 3 is 2.33 bits per heavy atom. The number of para-hydroxylation sites is 1. The number of thioether (sulfide) groups is 1. The summed E-state index contributed by atoms with van der Waals surface area (Å²) in [5, 5.41) is 24.7. The zero-order chi connectivity index (χ0) is 15.4. The molecule has 2 aromatic rings. The van der Waals surface area contributed by atoms with E-state index in [1.54, 1.807) is 12.1 Å². The van der Waals surface area contributed by atoms with Gasteiger partial charge >= 0.3 is 0 Å². The summed E-state index contributed by atoms with van der Waals surface area (Å²) < 4.78 is 0. The molecule has 0 unspecified atom stereocenters. The van der Waals surface area contributed by atoms with Crippen LogP contribution in [-0.4, -0.2) is 16.1 Å². The number of nitro benzene ring substituents is 2. The van der Waals surface area contributed by atoms with E-state index in [1.165, 1.54) is 23.9 Å². The molecule has 0 radical (unpaired) electrons. The number of hydrogen-bond acceptors (Lipinski definition) is 6. The first-order chi connectivity index (χ1) is 10.0. The van der Waals surface area contributed by atoms with Crippen LogP contribution < -0.4 is 5.32 Å². The van der Waals surface area contributed by atoms with Gasteiger partial charge in [-0.2, -0.15) is 0 Å². The van der Waals surface area contributed by atoms with E-state index >= 15 is 0 Å². The van der Waals surface area contributed by atoms with Gasteiger partial charge in [-0.3, -0.25) is 20.2 Å². The molecule has 7 nitrogen and oxygen atoms in total. The van der Waals surface area contributed by atoms with E-state index < -0.39 is 9.85 Å². The summed E-state index contributed by atoms with van der Waals surface area (Å²) >= 11 is 1.50. The van der Waals surface area contributed by atoms with Crippen molar-refractivity contribution in [3.63, 3.8) is 0 Å². The van der Waals surface area contributed by atoms with Gasteiger partial charge in [0.25, 0.3) is 11.4 Å². The highest BCUT2D eigenvalue weighted by atomic mass is 32.2. The van der Waals surface area contributed by atoms with Crippen molar-refractivity contribution in [1.82, 2.24) is 0 Å². The topological polar surface area (TPSA) is 98.3 Å². The maximum Gasteiger partial charge on any atom is 0.299 e. The van der Waals surface area contributed by atoms with Gasteiger partial charge in [0.1, 0.15) is 5.69 Å². The Morgan fingerprint density at radius 2 is 1.71 bits per heavy atom. The summed E-state index contributed by atoms with van der Waals surface area (Å²) in [6.45, 7) is 0. The van der Waals surface area contributed by atoms with E-state index in [-0.39, 0.29) is 17.1 Å². The Hall–Kier alpha value is -2.61. The third kappa shape index (κ3) is 3.29. The molecule has 0 bridgehead atoms. The standard InChI is InChI=1S/C13H11N3O4S/c1-21-13-5-3-2-4-11(13)14-10-7-6-9(15(17)18)8-12(10)16(19)20/h2-8,14H,1H3. The first-order valence-electron chi connectivity index (χ1n) is 5.86. The molecule has 0 saturated carbocycles. The third-order valence-electron chi connectivity index (χ3n) is 2.77. The molecule has 21 heavy (non-hydrogen) atoms. The van der Waals surface area contributed by atoms with Crippen molar-refractivity contribution >= 4 is 34.5 Å². The van der Waals surface area contributed by atoms with Crippen LogP contribution in [-0.2, 0) is 0 Å². The van der Waals surface area contributed by atoms with Crippen LogP contribution in [0.15, 0.2) is 47.4 Å². The zero-order valence-corrected chi connectivity index (χ0v) is 11.8. The molecule has 0 amide bonds. The highest BCUT2D eigenvalue weighted by molar-refractivity contribution is 7.98. The molecule has 0 aliphatic rings. The molecular weight excluding hydrogens is 294 g/mol. The van der Waals surface area contributed by atoms with Gasteiger partial charge in [-0.25, -0.2) is 0 Å². The van der Waals surface area contributed by atoms with Crippen LogP contribution in [0, 0.1) is 20.2 Å². The first kappa shape index (κ1) is 14.8. The fourth-order valence-electron chi connectivity index (χ4n) is 1.78. The monoisotopic (exact) mass is 305 g/mol. The van der Waals surface area contributed by atoms with Crippen LogP contribution in [0.25, 0.3) is 0 Å². The number of non-ortho nitro benzene ring substituents is 1. The summed E-state index contributed by atoms with van der Waals surface area (Å²) in [6, 6.07) is 10.9. The molecule has 0 aromatic heterocycles. The van der Waals surface area contributed by atoms with Crippen molar-refractivity contribution in [3.8, 4) is 0 Å². The van der Waals surface area contributed by atoms with Crippen molar-refractivity contribution in [1.29, 1.82) is 0 Å². The molecular formula is C13H11N3O4S. The minimum atomic E-state index is -0.660. The number of nitrogens with one attached hydrogen (secondary N) is 1. The summed E-state index contributed by atoms with van der Waals surface area (Å²) in [6.07, 6.45) is 1.89. The number of rotatable bonds is 5. The van der Waals surface area contributed by atoms with Gasteiger partial charge in [0, 0.05) is 11.0 Å². The number of anilines is 2. The molecule has 0 aliphatic carbocycles. The number of nitro groups is 2. The second kappa shape index (κ2) is 6.23. The Labute approximate surface area is 124 Å². The fraction of sp³-hybridized carbons (Fsp3) is 0.0769. The molecule has 0 aliphatic heterocycles. The second-order valence-electron chi connectivity index (χ2n) is 4.04. The molecule has 108 valence electrons. The second-order valence-corrected chi connectivity index (χ2v) is 4.89. The molecule has 0 atom stereocenters. The molecule has 2 aromatic carbocycles. The van der Waals surface area contributed by atoms with E-state index in [1.807, 2.05) is 18.4 Å². The van der Waals surface area contributed by atoms with Crippen molar-refractivity contribution in [2.24, 2.45) is 0 Å². The number of nitrogens with zero attached hydrogens (tertiary/aromatic N) is 2. The van der Waals surface area contributed by atoms with Gasteiger partial charge in [0.2, 0.25) is 0 Å². The molecule has 0 heterocycles. The molecule has 0 saturated heterocycles. The largest absolute Gasteiger partial charge is 0.349 e. The molecule has 2 rings (SSSR count).